The number of aromatic nitrogens is 2. The summed E-state index contributed by atoms with van der Waals surface area (Å²) in [7, 11) is 2.14. The Morgan fingerprint density at radius 1 is 1.26 bits per heavy atom. The number of piperazine rings is 1. The van der Waals surface area contributed by atoms with Gasteiger partial charge in [0, 0.05) is 44.9 Å². The minimum absolute atomic E-state index is 0.632. The molecule has 1 fully saturated rings. The van der Waals surface area contributed by atoms with E-state index < -0.39 is 0 Å². The molecule has 1 aromatic heterocycles. The van der Waals surface area contributed by atoms with Crippen molar-refractivity contribution in [2.45, 2.75) is 6.92 Å². The van der Waals surface area contributed by atoms with Crippen LogP contribution in [0.5, 0.6) is 0 Å². The van der Waals surface area contributed by atoms with Crippen LogP contribution < -0.4 is 5.32 Å². The quantitative estimate of drug-likeness (QED) is 0.610. The molecule has 0 amide bonds. The van der Waals surface area contributed by atoms with E-state index in [0.717, 1.165) is 49.8 Å². The third-order valence-corrected chi connectivity index (χ3v) is 4.50. The predicted octanol–water partition coefficient (Wildman–Crippen LogP) is 2.70. The van der Waals surface area contributed by atoms with Gasteiger partial charge in [-0.25, -0.2) is 4.99 Å². The molecule has 1 aliphatic rings. The summed E-state index contributed by atoms with van der Waals surface area (Å²) >= 11 is 0. The molecule has 0 bridgehead atoms. The van der Waals surface area contributed by atoms with Gasteiger partial charge in [-0.2, -0.15) is 5.10 Å². The van der Waals surface area contributed by atoms with Crippen LogP contribution in [0.4, 0.5) is 5.82 Å². The van der Waals surface area contributed by atoms with Gasteiger partial charge in [0.05, 0.1) is 5.69 Å². The summed E-state index contributed by atoms with van der Waals surface area (Å²) in [6, 6.07) is 12.0. The highest BCUT2D eigenvalue weighted by molar-refractivity contribution is 5.94. The Labute approximate surface area is 160 Å². The highest BCUT2D eigenvalue weighted by atomic mass is 15.3. The fourth-order valence-corrected chi connectivity index (χ4v) is 2.96. The highest BCUT2D eigenvalue weighted by Crippen LogP contribution is 2.20. The molecular weight excluding hydrogens is 338 g/mol. The van der Waals surface area contributed by atoms with E-state index in [1.807, 2.05) is 49.4 Å². The summed E-state index contributed by atoms with van der Waals surface area (Å²) in [5, 5.41) is 10.6. The molecule has 0 saturated carbocycles. The molecule has 3 rings (SSSR count). The van der Waals surface area contributed by atoms with Gasteiger partial charge in [-0.15, -0.1) is 0 Å². The number of likely N-dealkylation sites (N-methyl/N-ethyl adjacent to an activating group) is 1. The lowest BCUT2D eigenvalue weighted by atomic mass is 10.2. The Kier molecular flexibility index (Phi) is 6.38. The van der Waals surface area contributed by atoms with E-state index >= 15 is 0 Å². The van der Waals surface area contributed by atoms with Gasteiger partial charge in [0.1, 0.15) is 11.7 Å². The van der Waals surface area contributed by atoms with Crippen LogP contribution in [0.25, 0.3) is 11.3 Å². The van der Waals surface area contributed by atoms with Crippen molar-refractivity contribution in [1.29, 1.82) is 0 Å². The number of H-pyrrole nitrogens is 1. The first kappa shape index (κ1) is 18.8. The van der Waals surface area contributed by atoms with Crippen molar-refractivity contribution < 1.29 is 0 Å². The molecule has 7 heteroatoms. The monoisotopic (exact) mass is 365 g/mol. The van der Waals surface area contributed by atoms with Crippen molar-refractivity contribution >= 4 is 18.4 Å². The molecule has 0 atom stereocenters. The number of benzene rings is 1. The number of rotatable bonds is 6. The van der Waals surface area contributed by atoms with Gasteiger partial charge in [-0.1, -0.05) is 30.3 Å². The van der Waals surface area contributed by atoms with Gasteiger partial charge in [-0.3, -0.25) is 10.1 Å². The molecule has 1 saturated heterocycles. The maximum atomic E-state index is 4.65. The van der Waals surface area contributed by atoms with Gasteiger partial charge in [-0.05, 0) is 26.3 Å². The van der Waals surface area contributed by atoms with Crippen LogP contribution >= 0.6 is 0 Å². The molecule has 27 heavy (non-hydrogen) atoms. The van der Waals surface area contributed by atoms with Gasteiger partial charge in [0.25, 0.3) is 0 Å². The molecule has 7 nitrogen and oxygen atoms in total. The van der Waals surface area contributed by atoms with Gasteiger partial charge >= 0.3 is 0 Å². The maximum Gasteiger partial charge on any atom is 0.153 e. The topological polar surface area (TPSA) is 71.9 Å². The van der Waals surface area contributed by atoms with Crippen molar-refractivity contribution in [3.8, 4) is 11.3 Å². The van der Waals surface area contributed by atoms with Crippen molar-refractivity contribution in [2.75, 3.05) is 45.1 Å². The predicted molar refractivity (Wildman–Crippen MR) is 112 cm³/mol. The standard InChI is InChI=1S/C20H27N7/c1-4-22-20(27-12-10-26(3)11-13-27)15-18(21-2)23-19-14-17(24-25-19)16-8-6-5-7-9-16/h5-9,14-15H,2,4,10-13H2,1,3H3,(H2,23,24,25)/b18-15+,22-20?. The second-order valence-corrected chi connectivity index (χ2v) is 6.47. The van der Waals surface area contributed by atoms with Crippen LogP contribution in [0.15, 0.2) is 58.3 Å². The minimum atomic E-state index is 0.632. The van der Waals surface area contributed by atoms with E-state index in [9.17, 15) is 0 Å². The number of aliphatic imine (C=N–C) groups is 2. The average molecular weight is 365 g/mol. The summed E-state index contributed by atoms with van der Waals surface area (Å²) in [5.74, 6) is 2.26. The Balaban J connectivity index is 1.74. The number of anilines is 1. The molecule has 0 spiro atoms. The van der Waals surface area contributed by atoms with E-state index in [1.165, 1.54) is 0 Å². The summed E-state index contributed by atoms with van der Waals surface area (Å²) in [6.07, 6.45) is 1.94. The summed E-state index contributed by atoms with van der Waals surface area (Å²) in [6.45, 7) is 10.4. The molecule has 0 aliphatic carbocycles. The lowest BCUT2D eigenvalue weighted by molar-refractivity contribution is 0.216. The van der Waals surface area contributed by atoms with Crippen LogP contribution in [0.3, 0.4) is 0 Å². The zero-order chi connectivity index (χ0) is 19.1. The Morgan fingerprint density at radius 2 is 2.00 bits per heavy atom. The fraction of sp³-hybridized carbons (Fsp3) is 0.350. The lowest BCUT2D eigenvalue weighted by Crippen LogP contribution is -2.46. The zero-order valence-electron chi connectivity index (χ0n) is 16.0. The number of nitrogens with one attached hydrogen (secondary N) is 2. The number of hydrogen-bond acceptors (Lipinski definition) is 5. The average Bonchev–Trinajstić information content (AvgIpc) is 3.17. The fourth-order valence-electron chi connectivity index (χ4n) is 2.96. The lowest BCUT2D eigenvalue weighted by Gasteiger charge is -2.33. The third-order valence-electron chi connectivity index (χ3n) is 4.50. The van der Waals surface area contributed by atoms with E-state index in [2.05, 4.69) is 49.1 Å². The van der Waals surface area contributed by atoms with E-state index in [1.54, 1.807) is 0 Å². The van der Waals surface area contributed by atoms with Crippen LogP contribution in [-0.2, 0) is 0 Å². The van der Waals surface area contributed by atoms with Crippen LogP contribution in [0.2, 0.25) is 0 Å². The SMILES string of the molecule is C=N/C(=C\C(=NCC)N1CCN(C)CC1)Nc1cc(-c2ccccc2)[nH]n1. The molecule has 1 aliphatic heterocycles. The Hall–Kier alpha value is -2.93. The second-order valence-electron chi connectivity index (χ2n) is 6.47. The van der Waals surface area contributed by atoms with Crippen molar-refractivity contribution in [3.05, 3.63) is 48.3 Å². The minimum Gasteiger partial charge on any atom is -0.354 e. The molecule has 142 valence electrons. The summed E-state index contributed by atoms with van der Waals surface area (Å²) < 4.78 is 0. The Bertz CT molecular complexity index is 799. The second kappa shape index (κ2) is 9.14. The molecule has 2 N–H and O–H groups in total. The highest BCUT2D eigenvalue weighted by Gasteiger charge is 2.16. The summed E-state index contributed by atoms with van der Waals surface area (Å²) in [4.78, 5) is 13.4. The van der Waals surface area contributed by atoms with Crippen LogP contribution in [-0.4, -0.2) is 72.3 Å². The van der Waals surface area contributed by atoms with Crippen molar-refractivity contribution in [2.24, 2.45) is 9.98 Å². The normalized spacial score (nSPS) is 16.4. The molecule has 0 radical (unpaired) electrons. The van der Waals surface area contributed by atoms with Gasteiger partial charge < -0.3 is 15.1 Å². The number of amidine groups is 1. The van der Waals surface area contributed by atoms with E-state index in [4.69, 9.17) is 0 Å². The number of hydrogen-bond donors (Lipinski definition) is 2. The van der Waals surface area contributed by atoms with Crippen LogP contribution in [0.1, 0.15) is 6.92 Å². The number of nitrogens with zero attached hydrogens (tertiary/aromatic N) is 5. The van der Waals surface area contributed by atoms with E-state index in [-0.39, 0.29) is 0 Å². The van der Waals surface area contributed by atoms with Crippen molar-refractivity contribution in [1.82, 2.24) is 20.0 Å². The smallest absolute Gasteiger partial charge is 0.153 e. The molecule has 2 aromatic rings. The Morgan fingerprint density at radius 3 is 2.67 bits per heavy atom. The molecule has 0 unspecified atom stereocenters. The summed E-state index contributed by atoms with van der Waals surface area (Å²) in [5.41, 5.74) is 2.03. The largest absolute Gasteiger partial charge is 0.354 e. The molecule has 1 aromatic carbocycles. The van der Waals surface area contributed by atoms with Crippen molar-refractivity contribution in [3.63, 3.8) is 0 Å². The zero-order valence-corrected chi connectivity index (χ0v) is 16.0. The van der Waals surface area contributed by atoms with Gasteiger partial charge in [0.15, 0.2) is 5.82 Å². The first-order valence-electron chi connectivity index (χ1n) is 9.24. The number of aromatic amines is 1. The van der Waals surface area contributed by atoms with Gasteiger partial charge in [0.2, 0.25) is 0 Å². The maximum absolute atomic E-state index is 4.65. The van der Waals surface area contributed by atoms with E-state index in [0.29, 0.717) is 11.6 Å². The van der Waals surface area contributed by atoms with Crippen LogP contribution in [0, 0.1) is 0 Å². The first-order valence-corrected chi connectivity index (χ1v) is 9.24. The first-order chi connectivity index (χ1) is 13.2. The molecular formula is C20H27N7. The molecule has 2 heterocycles. The third kappa shape index (κ3) is 5.04.